The van der Waals surface area contributed by atoms with Gasteiger partial charge in [-0.1, -0.05) is 22.4 Å². The molecule has 1 heterocycles. The van der Waals surface area contributed by atoms with Crippen molar-refractivity contribution >= 4 is 31.7 Å². The van der Waals surface area contributed by atoms with Crippen molar-refractivity contribution in [3.05, 3.63) is 0 Å². The van der Waals surface area contributed by atoms with E-state index in [9.17, 15) is 13.2 Å². The quantitative estimate of drug-likeness (QED) is 0.734. The normalized spacial score (nSPS) is 27.7. The Bertz CT molecular complexity index is 392. The van der Waals surface area contributed by atoms with Crippen LogP contribution in [0.5, 0.6) is 0 Å². The molecule has 0 aromatic rings. The lowest BCUT2D eigenvalue weighted by atomic mass is 10.1. The van der Waals surface area contributed by atoms with Gasteiger partial charge in [0.2, 0.25) is 5.91 Å². The van der Waals surface area contributed by atoms with Gasteiger partial charge in [-0.2, -0.15) is 0 Å². The fraction of sp³-hybridized carbons (Fsp3) is 0.909. The molecule has 1 amide bonds. The third-order valence-electron chi connectivity index (χ3n) is 3.45. The van der Waals surface area contributed by atoms with Crippen molar-refractivity contribution in [2.24, 2.45) is 0 Å². The molecule has 4 nitrogen and oxygen atoms in total. The SMILES string of the molecule is O=C(C1CCCCS1(=O)=O)N(CCBr)C1CC1. The van der Waals surface area contributed by atoms with Gasteiger partial charge in [-0.3, -0.25) is 4.79 Å². The van der Waals surface area contributed by atoms with Crippen molar-refractivity contribution in [2.45, 2.75) is 43.4 Å². The first-order valence-corrected chi connectivity index (χ1v) is 8.98. The molecule has 1 aliphatic carbocycles. The van der Waals surface area contributed by atoms with Gasteiger partial charge in [0.1, 0.15) is 5.25 Å². The van der Waals surface area contributed by atoms with Gasteiger partial charge in [0.25, 0.3) is 0 Å². The van der Waals surface area contributed by atoms with E-state index in [1.807, 2.05) is 0 Å². The highest BCUT2D eigenvalue weighted by atomic mass is 79.9. The van der Waals surface area contributed by atoms with E-state index in [4.69, 9.17) is 0 Å². The Morgan fingerprint density at radius 2 is 1.94 bits per heavy atom. The van der Waals surface area contributed by atoms with Crippen LogP contribution in [0.25, 0.3) is 0 Å². The number of hydrogen-bond donors (Lipinski definition) is 0. The van der Waals surface area contributed by atoms with E-state index in [1.54, 1.807) is 4.90 Å². The minimum absolute atomic E-state index is 0.161. The van der Waals surface area contributed by atoms with Gasteiger partial charge in [-0.25, -0.2) is 8.42 Å². The van der Waals surface area contributed by atoms with Crippen molar-refractivity contribution in [3.63, 3.8) is 0 Å². The summed E-state index contributed by atoms with van der Waals surface area (Å²) in [6.45, 7) is 0.621. The molecule has 0 radical (unpaired) electrons. The average Bonchev–Trinajstić information content (AvgIpc) is 3.08. The zero-order valence-electron chi connectivity index (χ0n) is 9.77. The number of sulfone groups is 1. The first-order chi connectivity index (χ1) is 8.06. The predicted molar refractivity (Wildman–Crippen MR) is 70.0 cm³/mol. The van der Waals surface area contributed by atoms with Crippen molar-refractivity contribution < 1.29 is 13.2 Å². The largest absolute Gasteiger partial charge is 0.338 e. The summed E-state index contributed by atoms with van der Waals surface area (Å²) in [7, 11) is -3.20. The van der Waals surface area contributed by atoms with Gasteiger partial charge < -0.3 is 4.90 Å². The lowest BCUT2D eigenvalue weighted by Gasteiger charge is -2.28. The average molecular weight is 324 g/mol. The van der Waals surface area contributed by atoms with E-state index < -0.39 is 15.1 Å². The van der Waals surface area contributed by atoms with Gasteiger partial charge in [-0.15, -0.1) is 0 Å². The number of alkyl halides is 1. The maximum absolute atomic E-state index is 12.3. The summed E-state index contributed by atoms with van der Waals surface area (Å²) >= 11 is 3.32. The van der Waals surface area contributed by atoms with E-state index in [2.05, 4.69) is 15.9 Å². The highest BCUT2D eigenvalue weighted by Gasteiger charge is 2.41. The number of carbonyl (C=O) groups is 1. The topological polar surface area (TPSA) is 54.5 Å². The molecular formula is C11H18BrNO3S. The maximum Gasteiger partial charge on any atom is 0.241 e. The van der Waals surface area contributed by atoms with Gasteiger partial charge in [-0.05, 0) is 25.7 Å². The summed E-state index contributed by atoms with van der Waals surface area (Å²) < 4.78 is 23.8. The number of rotatable bonds is 4. The van der Waals surface area contributed by atoms with Crippen molar-refractivity contribution in [1.82, 2.24) is 4.90 Å². The van der Waals surface area contributed by atoms with Gasteiger partial charge in [0.05, 0.1) is 5.75 Å². The standard InChI is InChI=1S/C11H18BrNO3S/c12-6-7-13(9-4-5-9)11(14)10-3-1-2-8-17(10,15)16/h9-10H,1-8H2. The van der Waals surface area contributed by atoms with Crippen LogP contribution in [0.1, 0.15) is 32.1 Å². The molecule has 98 valence electrons. The van der Waals surface area contributed by atoms with E-state index in [0.29, 0.717) is 24.7 Å². The smallest absolute Gasteiger partial charge is 0.241 e. The number of halogens is 1. The third-order valence-corrected chi connectivity index (χ3v) is 5.97. The molecule has 1 atom stereocenters. The van der Waals surface area contributed by atoms with Crippen LogP contribution < -0.4 is 0 Å². The molecule has 0 aromatic heterocycles. The van der Waals surface area contributed by atoms with E-state index in [1.165, 1.54) is 0 Å². The molecule has 2 aliphatic rings. The Morgan fingerprint density at radius 1 is 1.24 bits per heavy atom. The lowest BCUT2D eigenvalue weighted by molar-refractivity contribution is -0.131. The van der Waals surface area contributed by atoms with Crippen molar-refractivity contribution in [2.75, 3.05) is 17.6 Å². The molecule has 2 fully saturated rings. The molecule has 6 heteroatoms. The number of amides is 1. The summed E-state index contributed by atoms with van der Waals surface area (Å²) in [6.07, 6.45) is 4.10. The van der Waals surface area contributed by atoms with Gasteiger partial charge >= 0.3 is 0 Å². The minimum Gasteiger partial charge on any atom is -0.338 e. The Kier molecular flexibility index (Phi) is 4.13. The van der Waals surface area contributed by atoms with Crippen molar-refractivity contribution in [3.8, 4) is 0 Å². The molecule has 1 saturated heterocycles. The molecule has 1 saturated carbocycles. The summed E-state index contributed by atoms with van der Waals surface area (Å²) in [4.78, 5) is 14.1. The summed E-state index contributed by atoms with van der Waals surface area (Å²) in [5, 5.41) is -0.0574. The summed E-state index contributed by atoms with van der Waals surface area (Å²) in [5.74, 6) is 0.0163. The first-order valence-electron chi connectivity index (χ1n) is 6.14. The molecule has 0 bridgehead atoms. The second-order valence-electron chi connectivity index (χ2n) is 4.80. The van der Waals surface area contributed by atoms with Crippen LogP contribution in [0.3, 0.4) is 0 Å². The molecule has 0 aromatic carbocycles. The van der Waals surface area contributed by atoms with Crippen LogP contribution in [0.2, 0.25) is 0 Å². The maximum atomic E-state index is 12.3. The Morgan fingerprint density at radius 3 is 2.47 bits per heavy atom. The fourth-order valence-electron chi connectivity index (χ4n) is 2.37. The van der Waals surface area contributed by atoms with E-state index >= 15 is 0 Å². The van der Waals surface area contributed by atoms with Crippen LogP contribution in [0, 0.1) is 0 Å². The lowest BCUT2D eigenvalue weighted by Crippen LogP contribution is -2.47. The molecular weight excluding hydrogens is 306 g/mol. The molecule has 17 heavy (non-hydrogen) atoms. The Labute approximate surface area is 111 Å². The molecule has 0 N–H and O–H groups in total. The zero-order chi connectivity index (χ0) is 12.5. The Hall–Kier alpha value is -0.100. The molecule has 1 aliphatic heterocycles. The zero-order valence-corrected chi connectivity index (χ0v) is 12.2. The van der Waals surface area contributed by atoms with Crippen LogP contribution in [0.15, 0.2) is 0 Å². The number of nitrogens with zero attached hydrogens (tertiary/aromatic N) is 1. The summed E-state index contributed by atoms with van der Waals surface area (Å²) in [6, 6.07) is 0.289. The first kappa shape index (κ1) is 13.3. The van der Waals surface area contributed by atoms with Gasteiger partial charge in [0, 0.05) is 17.9 Å². The van der Waals surface area contributed by atoms with E-state index in [-0.39, 0.29) is 17.7 Å². The van der Waals surface area contributed by atoms with Crippen LogP contribution in [-0.4, -0.2) is 48.1 Å². The van der Waals surface area contributed by atoms with Crippen LogP contribution >= 0.6 is 15.9 Å². The second kappa shape index (κ2) is 5.26. The monoisotopic (exact) mass is 323 g/mol. The number of carbonyl (C=O) groups excluding carboxylic acids is 1. The molecule has 2 rings (SSSR count). The van der Waals surface area contributed by atoms with Crippen LogP contribution in [-0.2, 0) is 14.6 Å². The van der Waals surface area contributed by atoms with Gasteiger partial charge in [0.15, 0.2) is 9.84 Å². The van der Waals surface area contributed by atoms with E-state index in [0.717, 1.165) is 19.3 Å². The molecule has 0 spiro atoms. The number of hydrogen-bond acceptors (Lipinski definition) is 3. The Balaban J connectivity index is 2.11. The minimum atomic E-state index is -3.20. The highest BCUT2D eigenvalue weighted by molar-refractivity contribution is 9.09. The van der Waals surface area contributed by atoms with Crippen LogP contribution in [0.4, 0.5) is 0 Å². The third kappa shape index (κ3) is 3.02. The molecule has 1 unspecified atom stereocenters. The summed E-state index contributed by atoms with van der Waals surface area (Å²) in [5.41, 5.74) is 0. The van der Waals surface area contributed by atoms with Crippen molar-refractivity contribution in [1.29, 1.82) is 0 Å². The highest BCUT2D eigenvalue weighted by Crippen LogP contribution is 2.30. The fourth-order valence-corrected chi connectivity index (χ4v) is 4.61. The predicted octanol–water partition coefficient (Wildman–Crippen LogP) is 1.34. The second-order valence-corrected chi connectivity index (χ2v) is 7.90.